The predicted octanol–water partition coefficient (Wildman–Crippen LogP) is 2.05. The molecule has 0 bridgehead atoms. The van der Waals surface area contributed by atoms with Crippen molar-refractivity contribution in [3.05, 3.63) is 42.7 Å². The molecule has 0 aliphatic heterocycles. The van der Waals surface area contributed by atoms with Crippen LogP contribution in [0.2, 0.25) is 0 Å². The zero-order chi connectivity index (χ0) is 8.27. The Bertz CT molecular complexity index is 216. The van der Waals surface area contributed by atoms with Crippen LogP contribution in [0.3, 0.4) is 0 Å². The summed E-state index contributed by atoms with van der Waals surface area (Å²) in [5.74, 6) is -0.194. The highest BCUT2D eigenvalue weighted by atomic mass is 19.1. The molecule has 0 heterocycles. The molecule has 1 nitrogen and oxygen atoms in total. The molecule has 0 spiro atoms. The SMILES string of the molecule is [CH2-]N(C)Cc1ccc(F)cc1. The van der Waals surface area contributed by atoms with E-state index in [2.05, 4.69) is 7.05 Å². The molecule has 11 heavy (non-hydrogen) atoms. The fourth-order valence-electron chi connectivity index (χ4n) is 0.901. The lowest BCUT2D eigenvalue weighted by atomic mass is 10.2. The first-order chi connectivity index (χ1) is 5.18. The van der Waals surface area contributed by atoms with E-state index in [1.807, 2.05) is 7.05 Å². The summed E-state index contributed by atoms with van der Waals surface area (Å²) in [4.78, 5) is 1.80. The highest BCUT2D eigenvalue weighted by molar-refractivity contribution is 5.15. The van der Waals surface area contributed by atoms with Crippen LogP contribution in [-0.4, -0.2) is 11.9 Å². The summed E-state index contributed by atoms with van der Waals surface area (Å²) in [6.07, 6.45) is 0. The molecule has 2 heteroatoms. The molecule has 0 N–H and O–H groups in total. The summed E-state index contributed by atoms with van der Waals surface area (Å²) in [6, 6.07) is 6.44. The van der Waals surface area contributed by atoms with E-state index in [1.54, 1.807) is 17.0 Å². The van der Waals surface area contributed by atoms with E-state index in [0.29, 0.717) is 0 Å². The van der Waals surface area contributed by atoms with Crippen LogP contribution < -0.4 is 0 Å². The third kappa shape index (κ3) is 2.68. The fourth-order valence-corrected chi connectivity index (χ4v) is 0.901. The maximum Gasteiger partial charge on any atom is 0.123 e. The van der Waals surface area contributed by atoms with Crippen molar-refractivity contribution >= 4 is 0 Å². The van der Waals surface area contributed by atoms with Gasteiger partial charge in [-0.1, -0.05) is 12.1 Å². The van der Waals surface area contributed by atoms with Crippen molar-refractivity contribution in [3.63, 3.8) is 0 Å². The Morgan fingerprint density at radius 3 is 2.36 bits per heavy atom. The highest BCUT2D eigenvalue weighted by Crippen LogP contribution is 2.04. The van der Waals surface area contributed by atoms with Gasteiger partial charge in [0.05, 0.1) is 0 Å². The van der Waals surface area contributed by atoms with Crippen LogP contribution in [0.1, 0.15) is 5.56 Å². The first kappa shape index (κ1) is 8.21. The third-order valence-corrected chi connectivity index (χ3v) is 1.37. The molecule has 0 aromatic heterocycles. The van der Waals surface area contributed by atoms with Crippen molar-refractivity contribution in [2.45, 2.75) is 6.54 Å². The molecule has 60 valence electrons. The number of rotatable bonds is 2. The molecule has 0 saturated heterocycles. The molecule has 1 aromatic carbocycles. The van der Waals surface area contributed by atoms with Gasteiger partial charge in [-0.3, -0.25) is 7.05 Å². The molecule has 1 aromatic rings. The minimum atomic E-state index is -0.194. The smallest absolute Gasteiger partial charge is 0.123 e. The average Bonchev–Trinajstić information content (AvgIpc) is 1.93. The Morgan fingerprint density at radius 1 is 1.36 bits per heavy atom. The minimum absolute atomic E-state index is 0.194. The molecule has 0 radical (unpaired) electrons. The second-order valence-corrected chi connectivity index (χ2v) is 2.64. The Hall–Kier alpha value is -0.890. The molecule has 0 unspecified atom stereocenters. The number of benzene rings is 1. The highest BCUT2D eigenvalue weighted by Gasteiger charge is 1.91. The van der Waals surface area contributed by atoms with Gasteiger partial charge < -0.3 is 4.90 Å². The van der Waals surface area contributed by atoms with E-state index in [0.717, 1.165) is 12.1 Å². The molecule has 0 aliphatic carbocycles. The van der Waals surface area contributed by atoms with Crippen molar-refractivity contribution < 1.29 is 4.39 Å². The van der Waals surface area contributed by atoms with Gasteiger partial charge in [0.25, 0.3) is 0 Å². The third-order valence-electron chi connectivity index (χ3n) is 1.37. The summed E-state index contributed by atoms with van der Waals surface area (Å²) < 4.78 is 12.4. The largest absolute Gasteiger partial charge is 0.458 e. The lowest BCUT2D eigenvalue weighted by molar-refractivity contribution is 0.444. The summed E-state index contributed by atoms with van der Waals surface area (Å²) in [5.41, 5.74) is 1.07. The van der Waals surface area contributed by atoms with Crippen LogP contribution >= 0.6 is 0 Å². The van der Waals surface area contributed by atoms with Crippen LogP contribution in [0.5, 0.6) is 0 Å². The summed E-state index contributed by atoms with van der Waals surface area (Å²) in [5, 5.41) is 0. The van der Waals surface area contributed by atoms with Crippen molar-refractivity contribution in [1.29, 1.82) is 0 Å². The normalized spacial score (nSPS) is 10.5. The van der Waals surface area contributed by atoms with Gasteiger partial charge in [0.2, 0.25) is 0 Å². The lowest BCUT2D eigenvalue weighted by Gasteiger charge is -2.17. The predicted molar refractivity (Wildman–Crippen MR) is 43.2 cm³/mol. The summed E-state index contributed by atoms with van der Waals surface area (Å²) in [6.45, 7) is 0.750. The maximum absolute atomic E-state index is 12.4. The van der Waals surface area contributed by atoms with Gasteiger partial charge in [0, 0.05) is 0 Å². The summed E-state index contributed by atoms with van der Waals surface area (Å²) >= 11 is 0. The Kier molecular flexibility index (Phi) is 2.60. The van der Waals surface area contributed by atoms with Gasteiger partial charge in [-0.05, 0) is 31.3 Å². The zero-order valence-electron chi connectivity index (χ0n) is 6.55. The first-order valence-electron chi connectivity index (χ1n) is 3.44. The zero-order valence-corrected chi connectivity index (χ0v) is 6.55. The van der Waals surface area contributed by atoms with E-state index in [4.69, 9.17) is 0 Å². The topological polar surface area (TPSA) is 3.24 Å². The Morgan fingerprint density at radius 2 is 1.91 bits per heavy atom. The molecular formula is C9H11FN-. The minimum Gasteiger partial charge on any atom is -0.458 e. The Balaban J connectivity index is 2.66. The van der Waals surface area contributed by atoms with E-state index in [1.165, 1.54) is 12.1 Å². The maximum atomic E-state index is 12.4. The molecule has 0 atom stereocenters. The van der Waals surface area contributed by atoms with E-state index in [-0.39, 0.29) is 5.82 Å². The van der Waals surface area contributed by atoms with Gasteiger partial charge in [0.15, 0.2) is 0 Å². The number of halogens is 1. The van der Waals surface area contributed by atoms with E-state index < -0.39 is 0 Å². The van der Waals surface area contributed by atoms with Crippen LogP contribution in [-0.2, 0) is 6.54 Å². The van der Waals surface area contributed by atoms with E-state index >= 15 is 0 Å². The van der Waals surface area contributed by atoms with Crippen molar-refractivity contribution in [1.82, 2.24) is 4.90 Å². The second kappa shape index (κ2) is 3.49. The number of hydrogen-bond acceptors (Lipinski definition) is 1. The second-order valence-electron chi connectivity index (χ2n) is 2.64. The lowest BCUT2D eigenvalue weighted by Crippen LogP contribution is -2.07. The molecule has 0 amide bonds. The fraction of sp³-hybridized carbons (Fsp3) is 0.222. The quantitative estimate of drug-likeness (QED) is 0.586. The molecule has 1 rings (SSSR count). The number of nitrogens with zero attached hydrogens (tertiary/aromatic N) is 1. The Labute approximate surface area is 66.5 Å². The first-order valence-corrected chi connectivity index (χ1v) is 3.44. The molecule has 0 fully saturated rings. The van der Waals surface area contributed by atoms with Gasteiger partial charge in [-0.25, -0.2) is 4.39 Å². The van der Waals surface area contributed by atoms with Crippen molar-refractivity contribution in [2.75, 3.05) is 7.05 Å². The molecule has 0 saturated carbocycles. The van der Waals surface area contributed by atoms with Crippen LogP contribution in [0.25, 0.3) is 0 Å². The van der Waals surface area contributed by atoms with Crippen LogP contribution in [0.15, 0.2) is 24.3 Å². The van der Waals surface area contributed by atoms with Gasteiger partial charge in [-0.2, -0.15) is 0 Å². The van der Waals surface area contributed by atoms with Crippen molar-refractivity contribution in [3.8, 4) is 0 Å². The summed E-state index contributed by atoms with van der Waals surface area (Å²) in [7, 11) is 5.57. The standard InChI is InChI=1S/C9H11FN/c1-11(2)7-8-3-5-9(10)6-4-8/h3-6H,1,7H2,2H3/q-1. The molecular weight excluding hydrogens is 141 g/mol. The number of hydrogen-bond donors (Lipinski definition) is 0. The van der Waals surface area contributed by atoms with Gasteiger partial charge in [0.1, 0.15) is 5.82 Å². The van der Waals surface area contributed by atoms with E-state index in [9.17, 15) is 4.39 Å². The van der Waals surface area contributed by atoms with Gasteiger partial charge >= 0.3 is 0 Å². The monoisotopic (exact) mass is 152 g/mol. The van der Waals surface area contributed by atoms with Crippen LogP contribution in [0.4, 0.5) is 4.39 Å². The molecule has 0 aliphatic rings. The van der Waals surface area contributed by atoms with Crippen molar-refractivity contribution in [2.24, 2.45) is 0 Å². The average molecular weight is 152 g/mol. The van der Waals surface area contributed by atoms with Crippen LogP contribution in [0, 0.1) is 12.9 Å². The van der Waals surface area contributed by atoms with Gasteiger partial charge in [-0.15, -0.1) is 0 Å².